The number of fused-ring (bicyclic) bond motifs is 2. The minimum atomic E-state index is -0.295. The van der Waals surface area contributed by atoms with Gasteiger partial charge >= 0.3 is 0 Å². The Morgan fingerprint density at radius 3 is 2.59 bits per heavy atom. The van der Waals surface area contributed by atoms with Crippen molar-refractivity contribution in [1.29, 1.82) is 0 Å². The van der Waals surface area contributed by atoms with Crippen LogP contribution in [0.1, 0.15) is 33.2 Å². The average Bonchev–Trinajstić information content (AvgIpc) is 3.57. The Morgan fingerprint density at radius 2 is 1.82 bits per heavy atom. The van der Waals surface area contributed by atoms with Gasteiger partial charge in [0.15, 0.2) is 11.5 Å². The van der Waals surface area contributed by atoms with Gasteiger partial charge in [0.05, 0.1) is 18.8 Å². The third-order valence-corrected chi connectivity index (χ3v) is 6.73. The number of H-pyrrole nitrogens is 1. The van der Waals surface area contributed by atoms with E-state index in [9.17, 15) is 4.79 Å². The summed E-state index contributed by atoms with van der Waals surface area (Å²) in [6.07, 6.45) is 0. The first-order valence-corrected chi connectivity index (χ1v) is 11.6. The Hall–Kier alpha value is -3.78. The van der Waals surface area contributed by atoms with Gasteiger partial charge in [-0.15, -0.1) is 0 Å². The molecule has 6 rings (SSSR count). The summed E-state index contributed by atoms with van der Waals surface area (Å²) in [4.78, 5) is 15.5. The first kappa shape index (κ1) is 20.8. The number of hydrogen-bond donors (Lipinski definition) is 1. The van der Waals surface area contributed by atoms with Gasteiger partial charge in [-0.05, 0) is 59.7 Å². The van der Waals surface area contributed by atoms with E-state index in [4.69, 9.17) is 14.2 Å². The predicted molar refractivity (Wildman–Crippen MR) is 129 cm³/mol. The van der Waals surface area contributed by atoms with E-state index in [1.54, 1.807) is 7.11 Å². The van der Waals surface area contributed by atoms with Crippen LogP contribution in [0.5, 0.6) is 17.2 Å². The number of aromatic nitrogens is 2. The Bertz CT molecular complexity index is 1380. The highest BCUT2D eigenvalue weighted by Gasteiger charge is 2.42. The van der Waals surface area contributed by atoms with E-state index in [-0.39, 0.29) is 18.7 Å². The monoisotopic (exact) mass is 517 g/mol. The van der Waals surface area contributed by atoms with Crippen molar-refractivity contribution in [3.8, 4) is 28.5 Å². The Kier molecular flexibility index (Phi) is 5.03. The molecule has 0 saturated carbocycles. The topological polar surface area (TPSA) is 76.7 Å². The number of ether oxygens (including phenoxy) is 3. The van der Waals surface area contributed by atoms with Crippen molar-refractivity contribution >= 4 is 21.8 Å². The van der Waals surface area contributed by atoms with Crippen LogP contribution >= 0.6 is 15.9 Å². The van der Waals surface area contributed by atoms with E-state index in [0.717, 1.165) is 43.9 Å². The molecule has 170 valence electrons. The lowest BCUT2D eigenvalue weighted by Crippen LogP contribution is -2.29. The predicted octanol–water partition coefficient (Wildman–Crippen LogP) is 5.32. The van der Waals surface area contributed by atoms with Crippen LogP contribution < -0.4 is 14.2 Å². The van der Waals surface area contributed by atoms with E-state index in [1.165, 1.54) is 0 Å². The van der Waals surface area contributed by atoms with E-state index in [2.05, 4.69) is 26.1 Å². The number of nitrogens with zero attached hydrogens (tertiary/aromatic N) is 2. The summed E-state index contributed by atoms with van der Waals surface area (Å²) in [5, 5.41) is 7.54. The minimum absolute atomic E-state index is 0.0900. The zero-order valence-electron chi connectivity index (χ0n) is 18.2. The number of aromatic amines is 1. The minimum Gasteiger partial charge on any atom is -0.497 e. The van der Waals surface area contributed by atoms with E-state index in [0.29, 0.717) is 18.0 Å². The molecular formula is C26H20BrN3O4. The number of rotatable bonds is 5. The van der Waals surface area contributed by atoms with Crippen LogP contribution in [0.15, 0.2) is 71.2 Å². The Labute approximate surface area is 204 Å². The smallest absolute Gasteiger partial charge is 0.273 e. The fourth-order valence-corrected chi connectivity index (χ4v) is 4.82. The van der Waals surface area contributed by atoms with Crippen molar-refractivity contribution < 1.29 is 19.0 Å². The molecule has 1 N–H and O–H groups in total. The molecule has 7 nitrogen and oxygen atoms in total. The van der Waals surface area contributed by atoms with Gasteiger partial charge in [0.1, 0.15) is 11.4 Å². The molecule has 2 aliphatic rings. The van der Waals surface area contributed by atoms with Gasteiger partial charge in [-0.25, -0.2) is 0 Å². The molecule has 0 bridgehead atoms. The number of benzene rings is 3. The van der Waals surface area contributed by atoms with Crippen molar-refractivity contribution in [2.24, 2.45) is 0 Å². The summed E-state index contributed by atoms with van der Waals surface area (Å²) in [5.74, 6) is 2.09. The molecule has 3 aromatic carbocycles. The highest BCUT2D eigenvalue weighted by molar-refractivity contribution is 9.10. The molecule has 1 aromatic heterocycles. The average molecular weight is 518 g/mol. The molecule has 1 amide bonds. The van der Waals surface area contributed by atoms with Crippen LogP contribution in [-0.2, 0) is 6.54 Å². The van der Waals surface area contributed by atoms with Gasteiger partial charge < -0.3 is 19.1 Å². The van der Waals surface area contributed by atoms with Crippen LogP contribution in [-0.4, -0.2) is 34.9 Å². The number of halogens is 1. The third-order valence-electron chi connectivity index (χ3n) is 6.20. The number of carbonyl (C=O) groups is 1. The highest BCUT2D eigenvalue weighted by atomic mass is 79.9. The van der Waals surface area contributed by atoms with Crippen LogP contribution in [0, 0.1) is 0 Å². The van der Waals surface area contributed by atoms with E-state index >= 15 is 0 Å². The molecule has 2 aliphatic heterocycles. The van der Waals surface area contributed by atoms with Gasteiger partial charge in [-0.3, -0.25) is 9.89 Å². The maximum absolute atomic E-state index is 13.6. The maximum atomic E-state index is 13.6. The molecule has 3 heterocycles. The van der Waals surface area contributed by atoms with Gasteiger partial charge in [0, 0.05) is 22.1 Å². The van der Waals surface area contributed by atoms with Crippen molar-refractivity contribution in [1.82, 2.24) is 15.1 Å². The van der Waals surface area contributed by atoms with Crippen molar-refractivity contribution in [3.63, 3.8) is 0 Å². The fraction of sp³-hybridized carbons (Fsp3) is 0.154. The number of amides is 1. The van der Waals surface area contributed by atoms with E-state index < -0.39 is 0 Å². The number of hydrogen-bond acceptors (Lipinski definition) is 5. The lowest BCUT2D eigenvalue weighted by Gasteiger charge is -2.26. The molecule has 0 spiro atoms. The summed E-state index contributed by atoms with van der Waals surface area (Å²) in [5.41, 5.74) is 5.03. The molecule has 0 saturated heterocycles. The second kappa shape index (κ2) is 8.22. The molecule has 4 aromatic rings. The zero-order valence-corrected chi connectivity index (χ0v) is 19.8. The van der Waals surface area contributed by atoms with Crippen molar-refractivity contribution in [2.75, 3.05) is 13.9 Å². The Balaban J connectivity index is 1.44. The van der Waals surface area contributed by atoms with Crippen LogP contribution in [0.2, 0.25) is 0 Å². The fourth-order valence-electron chi connectivity index (χ4n) is 4.56. The summed E-state index contributed by atoms with van der Waals surface area (Å²) >= 11 is 3.52. The summed E-state index contributed by atoms with van der Waals surface area (Å²) in [6, 6.07) is 21.2. The molecular weight excluding hydrogens is 498 g/mol. The first-order chi connectivity index (χ1) is 16.6. The maximum Gasteiger partial charge on any atom is 0.273 e. The van der Waals surface area contributed by atoms with Gasteiger partial charge in [-0.2, -0.15) is 5.10 Å². The number of methoxy groups -OCH3 is 1. The third kappa shape index (κ3) is 3.42. The van der Waals surface area contributed by atoms with Crippen LogP contribution in [0.3, 0.4) is 0 Å². The summed E-state index contributed by atoms with van der Waals surface area (Å²) < 4.78 is 17.3. The SMILES string of the molecule is COc1ccc(-c2n[nH]c3c2C(c2ccc(Br)cc2)N(Cc2ccc4c(c2)OCO4)C3=O)cc1. The molecule has 8 heteroatoms. The Morgan fingerprint density at radius 1 is 1.06 bits per heavy atom. The second-order valence-corrected chi connectivity index (χ2v) is 9.08. The lowest BCUT2D eigenvalue weighted by atomic mass is 9.96. The highest BCUT2D eigenvalue weighted by Crippen LogP contribution is 2.44. The van der Waals surface area contributed by atoms with Gasteiger partial charge in [0.25, 0.3) is 5.91 Å². The standard InChI is InChI=1S/C26H20BrN3O4/c1-32-19-9-5-16(6-10-19)23-22-24(29-28-23)26(31)30(25(22)17-3-7-18(27)8-4-17)13-15-2-11-20-21(12-15)34-14-33-20/h2-12,25H,13-14H2,1H3,(H,28,29). The normalized spacial score (nSPS) is 16.1. The first-order valence-electron chi connectivity index (χ1n) is 10.8. The van der Waals surface area contributed by atoms with Crippen molar-refractivity contribution in [2.45, 2.75) is 12.6 Å². The molecule has 0 aliphatic carbocycles. The second-order valence-electron chi connectivity index (χ2n) is 8.16. The van der Waals surface area contributed by atoms with Crippen molar-refractivity contribution in [3.05, 3.63) is 93.6 Å². The molecule has 1 unspecified atom stereocenters. The summed E-state index contributed by atoms with van der Waals surface area (Å²) in [6.45, 7) is 0.630. The van der Waals surface area contributed by atoms with Gasteiger partial charge in [0.2, 0.25) is 6.79 Å². The molecule has 34 heavy (non-hydrogen) atoms. The zero-order chi connectivity index (χ0) is 23.2. The van der Waals surface area contributed by atoms with Crippen LogP contribution in [0.4, 0.5) is 0 Å². The summed E-state index contributed by atoms with van der Waals surface area (Å²) in [7, 11) is 1.64. The number of nitrogens with one attached hydrogen (secondary N) is 1. The molecule has 1 atom stereocenters. The molecule has 0 fully saturated rings. The number of carbonyl (C=O) groups excluding carboxylic acids is 1. The van der Waals surface area contributed by atoms with Crippen LogP contribution in [0.25, 0.3) is 11.3 Å². The molecule has 0 radical (unpaired) electrons. The largest absolute Gasteiger partial charge is 0.497 e. The quantitative estimate of drug-likeness (QED) is 0.387. The van der Waals surface area contributed by atoms with E-state index in [1.807, 2.05) is 71.6 Å². The van der Waals surface area contributed by atoms with Gasteiger partial charge in [-0.1, -0.05) is 34.1 Å². The lowest BCUT2D eigenvalue weighted by molar-refractivity contribution is 0.0730.